The Balaban J connectivity index is 2.41. The Morgan fingerprint density at radius 1 is 0.190 bits per heavy atom. The van der Waals surface area contributed by atoms with E-state index in [1.165, 1.54) is 0 Å². The second-order valence-electron chi connectivity index (χ2n) is 7.90. The molecule has 18 heteroatoms. The molecule has 4 rings (SSSR count). The van der Waals surface area contributed by atoms with E-state index in [2.05, 4.69) is 0 Å². The molecular weight excluding hydrogens is 1280 g/mol. The monoisotopic (exact) mass is 1280 g/mol. The molecule has 42 heavy (non-hydrogen) atoms. The van der Waals surface area contributed by atoms with Crippen LogP contribution in [0.3, 0.4) is 0 Å². The second kappa shape index (κ2) is 12.9. The number of benzene rings is 4. The summed E-state index contributed by atoms with van der Waals surface area (Å²) < 4.78 is 174. The van der Waals surface area contributed by atoms with Gasteiger partial charge in [-0.3, -0.25) is 0 Å². The predicted molar refractivity (Wildman–Crippen MR) is 179 cm³/mol. The molecule has 0 spiro atoms. The van der Waals surface area contributed by atoms with Crippen LogP contribution in [-0.2, 0) is 0 Å². The van der Waals surface area contributed by atoms with Gasteiger partial charge in [0.1, 0.15) is 17.5 Å². The van der Waals surface area contributed by atoms with E-state index in [1.54, 1.807) is 0 Å². The molecule has 0 radical (unpaired) electrons. The molecule has 0 atom stereocenters. The first-order valence-corrected chi connectivity index (χ1v) is 16.6. The Kier molecular flexibility index (Phi) is 10.8. The van der Waals surface area contributed by atoms with Crippen LogP contribution in [0.5, 0.6) is 0 Å². The van der Waals surface area contributed by atoms with Crippen LogP contribution >= 0.6 is 136 Å². The van der Waals surface area contributed by atoms with Crippen LogP contribution in [0.15, 0.2) is 0 Å². The zero-order chi connectivity index (χ0) is 31.9. The lowest BCUT2D eigenvalue weighted by molar-refractivity contribution is 0.440. The summed E-state index contributed by atoms with van der Waals surface area (Å²) in [5, 5.41) is 0. The molecule has 0 aliphatic rings. The fourth-order valence-corrected chi connectivity index (χ4v) is 10.0. The van der Waals surface area contributed by atoms with Crippen LogP contribution in [0, 0.1) is 91.2 Å². The van der Waals surface area contributed by atoms with Crippen molar-refractivity contribution in [2.45, 2.75) is 0 Å². The first kappa shape index (κ1) is 35.3. The minimum absolute atomic E-state index is 0.932. The number of hydrogen-bond acceptors (Lipinski definition) is 0. The molecule has 0 bridgehead atoms. The number of halogens is 18. The van der Waals surface area contributed by atoms with Crippen molar-refractivity contribution in [2.24, 2.45) is 0 Å². The Morgan fingerprint density at radius 3 is 0.476 bits per heavy atom. The maximum absolute atomic E-state index is 16.4. The van der Waals surface area contributed by atoms with Crippen molar-refractivity contribution in [3.63, 3.8) is 0 Å². The summed E-state index contributed by atoms with van der Waals surface area (Å²) in [5.41, 5.74) is -7.60. The first-order valence-electron chi connectivity index (χ1n) is 10.2. The van der Waals surface area contributed by atoms with E-state index >= 15 is 13.2 Å². The third-order valence-corrected chi connectivity index (χ3v) is 11.8. The van der Waals surface area contributed by atoms with Crippen molar-refractivity contribution in [2.75, 3.05) is 0 Å². The SMILES string of the molecule is Fc1c(F)c(I)c(-c2c(F)c(-c3c(I)c(F)c(F)c(F)c3I)c(F)c(-c3c(I)c(F)c(F)c(F)c3I)c2F)c(I)c1F. The van der Waals surface area contributed by atoms with Crippen LogP contribution in [0.25, 0.3) is 33.4 Å². The van der Waals surface area contributed by atoms with Gasteiger partial charge in [0.2, 0.25) is 0 Å². The van der Waals surface area contributed by atoms with Crippen molar-refractivity contribution in [3.05, 3.63) is 91.2 Å². The zero-order valence-corrected chi connectivity index (χ0v) is 31.7. The molecule has 0 aliphatic heterocycles. The fraction of sp³-hybridized carbons (Fsp3) is 0. The van der Waals surface area contributed by atoms with Gasteiger partial charge in [-0.15, -0.1) is 0 Å². The predicted octanol–water partition coefficient (Wildman–Crippen LogP) is 12.0. The van der Waals surface area contributed by atoms with Gasteiger partial charge in [-0.25, -0.2) is 52.7 Å². The van der Waals surface area contributed by atoms with E-state index in [0.717, 1.165) is 136 Å². The lowest BCUT2D eigenvalue weighted by atomic mass is 9.90. The van der Waals surface area contributed by atoms with E-state index in [1.807, 2.05) is 0 Å². The molecule has 0 fully saturated rings. The van der Waals surface area contributed by atoms with E-state index < -0.39 is 125 Å². The lowest BCUT2D eigenvalue weighted by Crippen LogP contribution is -2.12. The van der Waals surface area contributed by atoms with Crippen LogP contribution in [0.2, 0.25) is 0 Å². The minimum Gasteiger partial charge on any atom is -0.205 e. The van der Waals surface area contributed by atoms with E-state index in [0.29, 0.717) is 0 Å². The van der Waals surface area contributed by atoms with Gasteiger partial charge in [0.15, 0.2) is 52.4 Å². The van der Waals surface area contributed by atoms with Gasteiger partial charge in [-0.1, -0.05) is 0 Å². The second-order valence-corrected chi connectivity index (χ2v) is 14.4. The molecule has 0 saturated carbocycles. The third kappa shape index (κ3) is 5.34. The largest absolute Gasteiger partial charge is 0.205 e. The lowest BCUT2D eigenvalue weighted by Gasteiger charge is -2.22. The van der Waals surface area contributed by atoms with Crippen molar-refractivity contribution < 1.29 is 52.7 Å². The topological polar surface area (TPSA) is 0 Å². The molecule has 0 amide bonds. The molecule has 4 aromatic rings. The third-order valence-electron chi connectivity index (χ3n) is 5.70. The number of rotatable bonds is 3. The maximum atomic E-state index is 16.4. The molecule has 0 unspecified atom stereocenters. The van der Waals surface area contributed by atoms with Gasteiger partial charge < -0.3 is 0 Å². The van der Waals surface area contributed by atoms with Crippen LogP contribution in [0.4, 0.5) is 52.7 Å². The van der Waals surface area contributed by atoms with E-state index in [-0.39, 0.29) is 0 Å². The summed E-state index contributed by atoms with van der Waals surface area (Å²) in [7, 11) is 0. The highest BCUT2D eigenvalue weighted by atomic mass is 127. The average molecular weight is 1280 g/mol. The first-order chi connectivity index (χ1) is 19.4. The summed E-state index contributed by atoms with van der Waals surface area (Å²) in [6, 6.07) is 0. The minimum atomic E-state index is -2.04. The molecule has 222 valence electrons. The standard InChI is InChI=1S/C24F12I6/c25-7-1(4-19(37)13(31)10(28)14(32)20(4)38)8(26)3(6-23(41)17(35)12(30)18(36)24(6)42)9(27)2(7)5-21(39)15(33)11(29)16(34)22(5)40. The summed E-state index contributed by atoms with van der Waals surface area (Å²) in [6.45, 7) is 0. The van der Waals surface area contributed by atoms with Crippen molar-refractivity contribution in [3.8, 4) is 33.4 Å². The molecular formula is C24F12I6. The summed E-state index contributed by atoms with van der Waals surface area (Å²) >= 11 is 6.42. The normalized spacial score (nSPS) is 11.6. The van der Waals surface area contributed by atoms with Gasteiger partial charge in [0, 0.05) is 16.7 Å². The zero-order valence-electron chi connectivity index (χ0n) is 18.8. The number of hydrogen-bond donors (Lipinski definition) is 0. The Hall–Kier alpha value is 0.420. The van der Waals surface area contributed by atoms with E-state index in [4.69, 9.17) is 0 Å². The Bertz CT molecular complexity index is 1550. The van der Waals surface area contributed by atoms with Crippen molar-refractivity contribution in [1.29, 1.82) is 0 Å². The molecule has 4 aromatic carbocycles. The average Bonchev–Trinajstić information content (AvgIpc) is 2.95. The van der Waals surface area contributed by atoms with Gasteiger partial charge in [0.05, 0.1) is 38.1 Å². The molecule has 0 aliphatic carbocycles. The van der Waals surface area contributed by atoms with Gasteiger partial charge in [-0.2, -0.15) is 0 Å². The molecule has 0 N–H and O–H groups in total. The Morgan fingerprint density at radius 2 is 0.333 bits per heavy atom. The molecule has 0 heterocycles. The van der Waals surface area contributed by atoms with Gasteiger partial charge >= 0.3 is 0 Å². The van der Waals surface area contributed by atoms with Crippen LogP contribution < -0.4 is 0 Å². The van der Waals surface area contributed by atoms with Crippen molar-refractivity contribution in [1.82, 2.24) is 0 Å². The highest BCUT2D eigenvalue weighted by molar-refractivity contribution is 14.1. The summed E-state index contributed by atoms with van der Waals surface area (Å²) in [6.07, 6.45) is 0. The Labute approximate surface area is 308 Å². The van der Waals surface area contributed by atoms with Gasteiger partial charge in [-0.05, 0) is 136 Å². The smallest absolute Gasteiger partial charge is 0.196 e. The van der Waals surface area contributed by atoms with E-state index in [9.17, 15) is 39.5 Å². The molecule has 0 saturated heterocycles. The fourth-order valence-electron chi connectivity index (χ4n) is 3.80. The van der Waals surface area contributed by atoms with Crippen molar-refractivity contribution >= 4 is 136 Å². The molecule has 0 aromatic heterocycles. The quantitative estimate of drug-likeness (QED) is 0.0830. The maximum Gasteiger partial charge on any atom is 0.196 e. The molecule has 0 nitrogen and oxygen atoms in total. The van der Waals surface area contributed by atoms with Gasteiger partial charge in [0.25, 0.3) is 0 Å². The van der Waals surface area contributed by atoms with Crippen LogP contribution in [-0.4, -0.2) is 0 Å². The highest BCUT2D eigenvalue weighted by Gasteiger charge is 2.37. The highest BCUT2D eigenvalue weighted by Crippen LogP contribution is 2.49. The summed E-state index contributed by atoms with van der Waals surface area (Å²) in [5.74, 6) is -23.7. The van der Waals surface area contributed by atoms with Crippen LogP contribution in [0.1, 0.15) is 0 Å². The summed E-state index contributed by atoms with van der Waals surface area (Å²) in [4.78, 5) is 0.